The number of hydrazine groups is 1. The third-order valence-corrected chi connectivity index (χ3v) is 1.27. The molecule has 3 heteroatoms. The van der Waals surface area contributed by atoms with Crippen molar-refractivity contribution >= 4 is 12.4 Å². The van der Waals surface area contributed by atoms with Crippen LogP contribution in [0, 0.1) is 0 Å². The Morgan fingerprint density at radius 1 is 1.50 bits per heavy atom. The average molecular weight is 139 g/mol. The van der Waals surface area contributed by atoms with E-state index in [9.17, 15) is 0 Å². The Morgan fingerprint density at radius 2 is 1.88 bits per heavy atom. The highest BCUT2D eigenvalue weighted by atomic mass is 35.5. The second kappa shape index (κ2) is 4.13. The van der Waals surface area contributed by atoms with Gasteiger partial charge in [0, 0.05) is 5.54 Å². The highest BCUT2D eigenvalue weighted by Gasteiger charge is 2.09. The predicted octanol–water partition coefficient (Wildman–Crippen LogP) is 1.06. The largest absolute Gasteiger partial charge is 0.271 e. The molecule has 0 aromatic carbocycles. The first kappa shape index (κ1) is 11.1. The Hall–Kier alpha value is 0.210. The van der Waals surface area contributed by atoms with Gasteiger partial charge in [-0.05, 0) is 20.3 Å². The van der Waals surface area contributed by atoms with Crippen molar-refractivity contribution in [3.8, 4) is 0 Å². The van der Waals surface area contributed by atoms with Gasteiger partial charge in [0.05, 0.1) is 0 Å². The monoisotopic (exact) mass is 138 g/mol. The van der Waals surface area contributed by atoms with E-state index in [4.69, 9.17) is 5.84 Å². The summed E-state index contributed by atoms with van der Waals surface area (Å²) in [7, 11) is 0. The van der Waals surface area contributed by atoms with E-state index in [2.05, 4.69) is 26.2 Å². The molecule has 0 bridgehead atoms. The molecular weight excluding hydrogens is 124 g/mol. The van der Waals surface area contributed by atoms with E-state index in [-0.39, 0.29) is 17.9 Å². The number of halogens is 1. The van der Waals surface area contributed by atoms with Crippen LogP contribution in [0.3, 0.4) is 0 Å². The Bertz CT molecular complexity index is 48.4. The van der Waals surface area contributed by atoms with Gasteiger partial charge < -0.3 is 0 Å². The molecule has 0 aliphatic carbocycles. The minimum atomic E-state index is 0. The lowest BCUT2D eigenvalue weighted by Crippen LogP contribution is -2.43. The van der Waals surface area contributed by atoms with Gasteiger partial charge in [-0.15, -0.1) is 12.4 Å². The van der Waals surface area contributed by atoms with Gasteiger partial charge in [0.15, 0.2) is 0 Å². The van der Waals surface area contributed by atoms with Crippen LogP contribution >= 0.6 is 12.4 Å². The summed E-state index contributed by atoms with van der Waals surface area (Å²) < 4.78 is 0. The van der Waals surface area contributed by atoms with Crippen LogP contribution in [0.1, 0.15) is 27.2 Å². The molecule has 0 saturated heterocycles. The van der Waals surface area contributed by atoms with E-state index >= 15 is 0 Å². The number of hydrogen-bond donors (Lipinski definition) is 2. The first-order valence-electron chi connectivity index (χ1n) is 2.60. The van der Waals surface area contributed by atoms with Gasteiger partial charge in [0.1, 0.15) is 0 Å². The van der Waals surface area contributed by atoms with Crippen LogP contribution in [-0.4, -0.2) is 5.54 Å². The molecular formula is C5H15ClN2. The first-order chi connectivity index (χ1) is 3.12. The lowest BCUT2D eigenvalue weighted by molar-refractivity contribution is 0.385. The Labute approximate surface area is 57.2 Å². The van der Waals surface area contributed by atoms with E-state index in [1.54, 1.807) is 0 Å². The second-order valence-corrected chi connectivity index (χ2v) is 2.38. The highest BCUT2D eigenvalue weighted by Crippen LogP contribution is 2.02. The summed E-state index contributed by atoms with van der Waals surface area (Å²) in [5, 5.41) is 0. The van der Waals surface area contributed by atoms with E-state index in [0.29, 0.717) is 0 Å². The van der Waals surface area contributed by atoms with Crippen molar-refractivity contribution in [2.45, 2.75) is 32.7 Å². The molecule has 0 aromatic heterocycles. The van der Waals surface area contributed by atoms with Crippen molar-refractivity contribution in [3.63, 3.8) is 0 Å². The molecule has 2 nitrogen and oxygen atoms in total. The van der Waals surface area contributed by atoms with Gasteiger partial charge in [-0.25, -0.2) is 0 Å². The maximum absolute atomic E-state index is 5.17. The minimum absolute atomic E-state index is 0. The maximum Gasteiger partial charge on any atom is 0.0262 e. The minimum Gasteiger partial charge on any atom is -0.271 e. The van der Waals surface area contributed by atoms with Crippen molar-refractivity contribution in [2.75, 3.05) is 0 Å². The molecule has 3 N–H and O–H groups in total. The highest BCUT2D eigenvalue weighted by molar-refractivity contribution is 5.85. The molecule has 0 atom stereocenters. The Kier molecular flexibility index (Phi) is 5.71. The van der Waals surface area contributed by atoms with Gasteiger partial charge in [0.25, 0.3) is 0 Å². The van der Waals surface area contributed by atoms with E-state index < -0.39 is 0 Å². The molecule has 0 radical (unpaired) electrons. The zero-order chi connectivity index (χ0) is 5.91. The topological polar surface area (TPSA) is 38.0 Å². The fraction of sp³-hybridized carbons (Fsp3) is 1.00. The normalized spacial score (nSPS) is 10.5. The summed E-state index contributed by atoms with van der Waals surface area (Å²) in [4.78, 5) is 0. The molecule has 0 aliphatic rings. The van der Waals surface area contributed by atoms with Crippen molar-refractivity contribution in [1.82, 2.24) is 5.43 Å². The molecule has 0 saturated carbocycles. The standard InChI is InChI=1S/C5H14N2.ClH/c1-4-5(2,3)7-6;/h7H,4,6H2,1-3H3;1H. The van der Waals surface area contributed by atoms with Crippen molar-refractivity contribution in [1.29, 1.82) is 0 Å². The Balaban J connectivity index is 0. The molecule has 0 heterocycles. The quantitative estimate of drug-likeness (QED) is 0.443. The van der Waals surface area contributed by atoms with Crippen LogP contribution < -0.4 is 11.3 Å². The summed E-state index contributed by atoms with van der Waals surface area (Å²) >= 11 is 0. The summed E-state index contributed by atoms with van der Waals surface area (Å²) in [5.41, 5.74) is 2.80. The number of rotatable bonds is 2. The van der Waals surface area contributed by atoms with Crippen LogP contribution in [0.4, 0.5) is 0 Å². The van der Waals surface area contributed by atoms with Crippen LogP contribution in [0.5, 0.6) is 0 Å². The third-order valence-electron chi connectivity index (χ3n) is 1.27. The van der Waals surface area contributed by atoms with E-state index in [0.717, 1.165) is 6.42 Å². The molecule has 0 unspecified atom stereocenters. The van der Waals surface area contributed by atoms with Gasteiger partial charge in [-0.2, -0.15) is 0 Å². The van der Waals surface area contributed by atoms with Crippen molar-refractivity contribution in [3.05, 3.63) is 0 Å². The number of nitrogens with two attached hydrogens (primary N) is 1. The Morgan fingerprint density at radius 3 is 1.88 bits per heavy atom. The van der Waals surface area contributed by atoms with Gasteiger partial charge >= 0.3 is 0 Å². The summed E-state index contributed by atoms with van der Waals surface area (Å²) in [6.45, 7) is 6.22. The summed E-state index contributed by atoms with van der Waals surface area (Å²) in [6, 6.07) is 0. The number of hydrogen-bond acceptors (Lipinski definition) is 2. The van der Waals surface area contributed by atoms with Crippen molar-refractivity contribution in [2.24, 2.45) is 5.84 Å². The fourth-order valence-electron chi connectivity index (χ4n) is 0.102. The molecule has 0 aromatic rings. The number of nitrogens with one attached hydrogen (secondary N) is 1. The maximum atomic E-state index is 5.17. The summed E-state index contributed by atoms with van der Waals surface area (Å²) in [5.74, 6) is 5.17. The van der Waals surface area contributed by atoms with Crippen LogP contribution in [0.2, 0.25) is 0 Å². The van der Waals surface area contributed by atoms with Crippen molar-refractivity contribution < 1.29 is 0 Å². The zero-order valence-electron chi connectivity index (χ0n) is 5.69. The van der Waals surface area contributed by atoms with Crippen LogP contribution in [0.15, 0.2) is 0 Å². The molecule has 0 fully saturated rings. The van der Waals surface area contributed by atoms with E-state index in [1.807, 2.05) is 0 Å². The summed E-state index contributed by atoms with van der Waals surface area (Å²) in [6.07, 6.45) is 1.06. The third kappa shape index (κ3) is 4.37. The molecule has 8 heavy (non-hydrogen) atoms. The van der Waals surface area contributed by atoms with Gasteiger partial charge in [-0.3, -0.25) is 11.3 Å². The smallest absolute Gasteiger partial charge is 0.0262 e. The van der Waals surface area contributed by atoms with Crippen LogP contribution in [-0.2, 0) is 0 Å². The lowest BCUT2D eigenvalue weighted by atomic mass is 10.0. The van der Waals surface area contributed by atoms with Crippen LogP contribution in [0.25, 0.3) is 0 Å². The second-order valence-electron chi connectivity index (χ2n) is 2.38. The van der Waals surface area contributed by atoms with Gasteiger partial charge in [0.2, 0.25) is 0 Å². The fourth-order valence-corrected chi connectivity index (χ4v) is 0.102. The van der Waals surface area contributed by atoms with E-state index in [1.165, 1.54) is 0 Å². The molecule has 0 amide bonds. The lowest BCUT2D eigenvalue weighted by Gasteiger charge is -2.20. The van der Waals surface area contributed by atoms with Gasteiger partial charge in [-0.1, -0.05) is 6.92 Å². The predicted molar refractivity (Wildman–Crippen MR) is 38.9 cm³/mol. The molecule has 0 aliphatic heterocycles. The average Bonchev–Trinajstić information content (AvgIpc) is 1.68. The SMILES string of the molecule is CCC(C)(C)NN.Cl. The first-order valence-corrected chi connectivity index (χ1v) is 2.60. The molecule has 0 rings (SSSR count). The molecule has 52 valence electrons. The molecule has 0 spiro atoms. The zero-order valence-corrected chi connectivity index (χ0v) is 6.51.